The fourth-order valence-electron chi connectivity index (χ4n) is 2.33. The Labute approximate surface area is 128 Å². The van der Waals surface area contributed by atoms with Crippen molar-refractivity contribution in [1.29, 1.82) is 0 Å². The Balaban J connectivity index is 2.17. The van der Waals surface area contributed by atoms with Gasteiger partial charge in [-0.2, -0.15) is 0 Å². The van der Waals surface area contributed by atoms with Crippen molar-refractivity contribution in [3.05, 3.63) is 29.6 Å². The quantitative estimate of drug-likeness (QED) is 0.848. The molecule has 1 saturated heterocycles. The van der Waals surface area contributed by atoms with Gasteiger partial charge < -0.3 is 9.84 Å². The van der Waals surface area contributed by atoms with E-state index in [1.165, 1.54) is 13.0 Å². The zero-order valence-electron chi connectivity index (χ0n) is 12.1. The fraction of sp³-hybridized carbons (Fsp3) is 0.500. The predicted molar refractivity (Wildman–Crippen MR) is 76.4 cm³/mol. The maximum atomic E-state index is 13.2. The topological polar surface area (TPSA) is 92.7 Å². The van der Waals surface area contributed by atoms with Gasteiger partial charge in [-0.25, -0.2) is 17.5 Å². The third kappa shape index (κ3) is 3.45. The Bertz CT molecular complexity index is 668. The molecule has 2 rings (SSSR count). The monoisotopic (exact) mass is 331 g/mol. The molecule has 0 aromatic heterocycles. The molecule has 1 aliphatic rings. The highest BCUT2D eigenvalue weighted by molar-refractivity contribution is 7.89. The van der Waals surface area contributed by atoms with E-state index in [9.17, 15) is 22.7 Å². The molecule has 1 heterocycles. The molecular weight excluding hydrogens is 313 g/mol. The molecule has 0 bridgehead atoms. The lowest BCUT2D eigenvalue weighted by Crippen LogP contribution is -2.46. The maximum absolute atomic E-state index is 13.2. The van der Waals surface area contributed by atoms with Crippen molar-refractivity contribution in [3.8, 4) is 0 Å². The smallest absolute Gasteiger partial charge is 0.311 e. The zero-order valence-corrected chi connectivity index (χ0v) is 13.0. The van der Waals surface area contributed by atoms with Crippen molar-refractivity contribution in [1.82, 2.24) is 4.72 Å². The number of aliphatic carboxylic acids is 1. The van der Waals surface area contributed by atoms with Gasteiger partial charge in [0.15, 0.2) is 0 Å². The third-order valence-corrected chi connectivity index (χ3v) is 5.34. The van der Waals surface area contributed by atoms with E-state index in [0.717, 1.165) is 12.1 Å². The Morgan fingerprint density at radius 2 is 2.05 bits per heavy atom. The molecule has 0 unspecified atom stereocenters. The van der Waals surface area contributed by atoms with Gasteiger partial charge >= 0.3 is 5.97 Å². The summed E-state index contributed by atoms with van der Waals surface area (Å²) in [6, 6.07) is 3.45. The highest BCUT2D eigenvalue weighted by Gasteiger charge is 2.41. The Morgan fingerprint density at radius 1 is 1.41 bits per heavy atom. The fourth-order valence-corrected chi connectivity index (χ4v) is 3.54. The minimum atomic E-state index is -3.89. The van der Waals surface area contributed by atoms with Crippen molar-refractivity contribution in [2.75, 3.05) is 19.8 Å². The first-order valence-corrected chi connectivity index (χ1v) is 8.32. The van der Waals surface area contributed by atoms with E-state index in [4.69, 9.17) is 4.74 Å². The molecular formula is C14H18FNO5S. The standard InChI is InChI=1S/C14H18FNO5S/c1-10-8-11(2-3-12(10)15)22(19,20)16-9-14(13(17)18)4-6-21-7-5-14/h2-3,8,16H,4-7,9H2,1H3,(H,17,18). The second-order valence-electron chi connectivity index (χ2n) is 5.43. The molecule has 22 heavy (non-hydrogen) atoms. The summed E-state index contributed by atoms with van der Waals surface area (Å²) >= 11 is 0. The summed E-state index contributed by atoms with van der Waals surface area (Å²) in [6.45, 7) is 1.81. The van der Waals surface area contributed by atoms with Gasteiger partial charge in [0.2, 0.25) is 10.0 Å². The molecule has 0 saturated carbocycles. The lowest BCUT2D eigenvalue weighted by molar-refractivity contribution is -0.154. The van der Waals surface area contributed by atoms with E-state index in [2.05, 4.69) is 4.72 Å². The van der Waals surface area contributed by atoms with E-state index in [1.807, 2.05) is 0 Å². The number of hydrogen-bond donors (Lipinski definition) is 2. The highest BCUT2D eigenvalue weighted by Crippen LogP contribution is 2.30. The lowest BCUT2D eigenvalue weighted by atomic mass is 9.80. The summed E-state index contributed by atoms with van der Waals surface area (Å²) in [5, 5.41) is 9.40. The molecule has 2 N–H and O–H groups in total. The Hall–Kier alpha value is -1.51. The van der Waals surface area contributed by atoms with Crippen LogP contribution in [0.4, 0.5) is 4.39 Å². The van der Waals surface area contributed by atoms with Crippen LogP contribution in [0.15, 0.2) is 23.1 Å². The van der Waals surface area contributed by atoms with Crippen molar-refractivity contribution in [2.24, 2.45) is 5.41 Å². The van der Waals surface area contributed by atoms with Crippen LogP contribution in [0.5, 0.6) is 0 Å². The van der Waals surface area contributed by atoms with Gasteiger partial charge in [0, 0.05) is 19.8 Å². The molecule has 0 aliphatic carbocycles. The Kier molecular flexibility index (Phi) is 4.84. The van der Waals surface area contributed by atoms with Gasteiger partial charge in [-0.3, -0.25) is 4.79 Å². The summed E-state index contributed by atoms with van der Waals surface area (Å²) in [5.74, 6) is -1.54. The van der Waals surface area contributed by atoms with Crippen molar-refractivity contribution in [2.45, 2.75) is 24.7 Å². The van der Waals surface area contributed by atoms with E-state index in [-0.39, 0.29) is 43.1 Å². The minimum Gasteiger partial charge on any atom is -0.481 e. The number of aryl methyl sites for hydroxylation is 1. The number of sulfonamides is 1. The van der Waals surface area contributed by atoms with Gasteiger partial charge in [0.05, 0.1) is 10.3 Å². The number of hydrogen-bond acceptors (Lipinski definition) is 4. The highest BCUT2D eigenvalue weighted by atomic mass is 32.2. The van der Waals surface area contributed by atoms with Crippen molar-refractivity contribution in [3.63, 3.8) is 0 Å². The van der Waals surface area contributed by atoms with Crippen LogP contribution in [-0.2, 0) is 19.6 Å². The van der Waals surface area contributed by atoms with Crippen LogP contribution in [0.3, 0.4) is 0 Å². The van der Waals surface area contributed by atoms with Crippen LogP contribution in [0, 0.1) is 18.2 Å². The molecule has 1 aromatic rings. The Morgan fingerprint density at radius 3 is 2.59 bits per heavy atom. The maximum Gasteiger partial charge on any atom is 0.311 e. The lowest BCUT2D eigenvalue weighted by Gasteiger charge is -2.33. The molecule has 0 spiro atoms. The van der Waals surface area contributed by atoms with Crippen LogP contribution in [0.2, 0.25) is 0 Å². The van der Waals surface area contributed by atoms with Crippen LogP contribution < -0.4 is 4.72 Å². The molecule has 1 fully saturated rings. The molecule has 8 heteroatoms. The molecule has 6 nitrogen and oxygen atoms in total. The largest absolute Gasteiger partial charge is 0.481 e. The second kappa shape index (κ2) is 6.31. The second-order valence-corrected chi connectivity index (χ2v) is 7.20. The first kappa shape index (κ1) is 16.9. The summed E-state index contributed by atoms with van der Waals surface area (Å²) < 4.78 is 45.2. The SMILES string of the molecule is Cc1cc(S(=O)(=O)NCC2(C(=O)O)CCOCC2)ccc1F. The van der Waals surface area contributed by atoms with Crippen LogP contribution >= 0.6 is 0 Å². The number of carboxylic acid groups (broad SMARTS) is 1. The molecule has 1 aromatic carbocycles. The van der Waals surface area contributed by atoms with Gasteiger partial charge in [-0.1, -0.05) is 0 Å². The number of ether oxygens (including phenoxy) is 1. The van der Waals surface area contributed by atoms with Crippen LogP contribution in [0.1, 0.15) is 18.4 Å². The molecule has 1 aliphatic heterocycles. The summed E-state index contributed by atoms with van der Waals surface area (Å²) in [4.78, 5) is 11.4. The van der Waals surface area contributed by atoms with Gasteiger partial charge in [-0.15, -0.1) is 0 Å². The average Bonchev–Trinajstić information content (AvgIpc) is 2.49. The number of carbonyl (C=O) groups is 1. The van der Waals surface area contributed by atoms with Crippen LogP contribution in [-0.4, -0.2) is 39.3 Å². The molecule has 0 atom stereocenters. The summed E-state index contributed by atoms with van der Waals surface area (Å²) in [5.41, 5.74) is -0.956. The number of nitrogens with one attached hydrogen (secondary N) is 1. The van der Waals surface area contributed by atoms with Gasteiger partial charge in [0.1, 0.15) is 5.82 Å². The number of carboxylic acids is 1. The first-order chi connectivity index (χ1) is 10.3. The first-order valence-electron chi connectivity index (χ1n) is 6.84. The normalized spacial score (nSPS) is 18.1. The number of rotatable bonds is 5. The molecule has 0 amide bonds. The van der Waals surface area contributed by atoms with E-state index < -0.39 is 27.2 Å². The third-order valence-electron chi connectivity index (χ3n) is 3.94. The summed E-state index contributed by atoms with van der Waals surface area (Å²) in [7, 11) is -3.89. The van der Waals surface area contributed by atoms with Gasteiger partial charge in [-0.05, 0) is 43.5 Å². The van der Waals surface area contributed by atoms with E-state index in [0.29, 0.717) is 0 Å². The van der Waals surface area contributed by atoms with Crippen LogP contribution in [0.25, 0.3) is 0 Å². The van der Waals surface area contributed by atoms with Crippen molar-refractivity contribution < 1.29 is 27.4 Å². The molecule has 122 valence electrons. The molecule has 0 radical (unpaired) electrons. The zero-order chi connectivity index (χ0) is 16.4. The average molecular weight is 331 g/mol. The van der Waals surface area contributed by atoms with E-state index >= 15 is 0 Å². The number of halogens is 1. The van der Waals surface area contributed by atoms with E-state index in [1.54, 1.807) is 0 Å². The summed E-state index contributed by atoms with van der Waals surface area (Å²) in [6.07, 6.45) is 0.487. The minimum absolute atomic E-state index is 0.0843. The number of benzene rings is 1. The van der Waals surface area contributed by atoms with Crippen molar-refractivity contribution >= 4 is 16.0 Å². The van der Waals surface area contributed by atoms with Gasteiger partial charge in [0.25, 0.3) is 0 Å². The predicted octanol–water partition coefficient (Wildman–Crippen LogP) is 1.29.